The van der Waals surface area contributed by atoms with Crippen molar-refractivity contribution in [1.29, 1.82) is 0 Å². The maximum Gasteiger partial charge on any atom is 0.293 e. The smallest absolute Gasteiger partial charge is 0.293 e. The number of furan rings is 1. The normalized spacial score (nSPS) is 15.6. The third-order valence-corrected chi connectivity index (χ3v) is 4.51. The fraction of sp³-hybridized carbons (Fsp3) is 0.400. The van der Waals surface area contributed by atoms with E-state index in [1.54, 1.807) is 17.5 Å². The van der Waals surface area contributed by atoms with Crippen molar-refractivity contribution in [3.8, 4) is 0 Å². The maximum atomic E-state index is 12.3. The summed E-state index contributed by atoms with van der Waals surface area (Å²) in [5, 5.41) is 4.93. The molecule has 1 fully saturated rings. The Balaban J connectivity index is 1.55. The van der Waals surface area contributed by atoms with Gasteiger partial charge in [-0.05, 0) is 19.2 Å². The molecule has 2 aromatic heterocycles. The van der Waals surface area contributed by atoms with Gasteiger partial charge in [-0.2, -0.15) is 0 Å². The quantitative estimate of drug-likeness (QED) is 0.912. The number of piperazine rings is 1. The highest BCUT2D eigenvalue weighted by molar-refractivity contribution is 7.14. The van der Waals surface area contributed by atoms with Gasteiger partial charge in [-0.1, -0.05) is 0 Å². The summed E-state index contributed by atoms with van der Waals surface area (Å²) in [5.41, 5.74) is 0.675. The summed E-state index contributed by atoms with van der Waals surface area (Å²) in [4.78, 5) is 32.5. The van der Waals surface area contributed by atoms with E-state index in [1.165, 1.54) is 17.6 Å². The van der Waals surface area contributed by atoms with Crippen LogP contribution in [0.25, 0.3) is 0 Å². The van der Waals surface area contributed by atoms with Gasteiger partial charge in [-0.25, -0.2) is 4.98 Å². The fourth-order valence-corrected chi connectivity index (χ4v) is 3.04. The number of nitrogens with one attached hydrogen (secondary N) is 1. The third kappa shape index (κ3) is 3.96. The highest BCUT2D eigenvalue weighted by atomic mass is 32.1. The number of aromatic nitrogens is 1. The first-order valence-corrected chi connectivity index (χ1v) is 8.25. The van der Waals surface area contributed by atoms with E-state index in [-0.39, 0.29) is 24.0 Å². The number of rotatable bonds is 4. The molecule has 8 heteroatoms. The Labute approximate surface area is 137 Å². The summed E-state index contributed by atoms with van der Waals surface area (Å²) >= 11 is 1.30. The van der Waals surface area contributed by atoms with Gasteiger partial charge in [0.15, 0.2) is 10.9 Å². The van der Waals surface area contributed by atoms with Crippen LogP contribution in [-0.2, 0) is 11.2 Å². The number of anilines is 1. The van der Waals surface area contributed by atoms with Crippen molar-refractivity contribution in [3.63, 3.8) is 0 Å². The molecule has 122 valence electrons. The van der Waals surface area contributed by atoms with E-state index >= 15 is 0 Å². The molecule has 7 nitrogen and oxygen atoms in total. The van der Waals surface area contributed by atoms with Crippen molar-refractivity contribution in [3.05, 3.63) is 35.2 Å². The number of hydrogen-bond acceptors (Lipinski definition) is 6. The summed E-state index contributed by atoms with van der Waals surface area (Å²) in [6.45, 7) is 3.30. The van der Waals surface area contributed by atoms with Crippen molar-refractivity contribution in [2.24, 2.45) is 0 Å². The van der Waals surface area contributed by atoms with E-state index in [4.69, 9.17) is 4.42 Å². The minimum atomic E-state index is -0.346. The lowest BCUT2D eigenvalue weighted by Gasteiger charge is -2.32. The number of nitrogens with zero attached hydrogens (tertiary/aromatic N) is 3. The van der Waals surface area contributed by atoms with Crippen molar-refractivity contribution in [1.82, 2.24) is 14.8 Å². The molecule has 3 heterocycles. The Morgan fingerprint density at radius 1 is 1.35 bits per heavy atom. The Morgan fingerprint density at radius 3 is 2.83 bits per heavy atom. The van der Waals surface area contributed by atoms with E-state index in [9.17, 15) is 9.59 Å². The molecule has 2 amide bonds. The Kier molecular flexibility index (Phi) is 4.73. The van der Waals surface area contributed by atoms with Crippen LogP contribution >= 0.6 is 11.3 Å². The summed E-state index contributed by atoms with van der Waals surface area (Å²) in [6, 6.07) is 3.23. The average molecular weight is 334 g/mol. The Morgan fingerprint density at radius 2 is 2.13 bits per heavy atom. The molecule has 0 bridgehead atoms. The van der Waals surface area contributed by atoms with Gasteiger partial charge in [0.25, 0.3) is 5.91 Å². The Bertz CT molecular complexity index is 675. The lowest BCUT2D eigenvalue weighted by Crippen LogP contribution is -2.47. The molecule has 0 radical (unpaired) electrons. The standard InChI is InChI=1S/C15H18N4O3S/c1-18-4-6-19(7-5-18)13(20)9-11-10-23-15(16-11)17-14(21)12-3-2-8-22-12/h2-3,8,10H,4-7,9H2,1H3,(H,16,17,21). The van der Waals surface area contributed by atoms with Crippen LogP contribution in [0.1, 0.15) is 16.2 Å². The van der Waals surface area contributed by atoms with Gasteiger partial charge in [-0.3, -0.25) is 14.9 Å². The molecule has 0 aliphatic carbocycles. The van der Waals surface area contributed by atoms with E-state index in [0.29, 0.717) is 10.8 Å². The first-order chi connectivity index (χ1) is 11.1. The molecule has 1 aliphatic heterocycles. The van der Waals surface area contributed by atoms with Crippen LogP contribution in [0.15, 0.2) is 28.2 Å². The molecular formula is C15H18N4O3S. The van der Waals surface area contributed by atoms with Crippen molar-refractivity contribution in [2.45, 2.75) is 6.42 Å². The van der Waals surface area contributed by atoms with Crippen LogP contribution < -0.4 is 5.32 Å². The third-order valence-electron chi connectivity index (χ3n) is 3.71. The van der Waals surface area contributed by atoms with E-state index < -0.39 is 0 Å². The summed E-state index contributed by atoms with van der Waals surface area (Å²) in [5.74, 6) is -0.0381. The molecule has 0 unspecified atom stereocenters. The number of thiazole rings is 1. The van der Waals surface area contributed by atoms with Crippen LogP contribution in [0.3, 0.4) is 0 Å². The van der Waals surface area contributed by atoms with Gasteiger partial charge >= 0.3 is 0 Å². The predicted octanol–water partition coefficient (Wildman–Crippen LogP) is 1.30. The van der Waals surface area contributed by atoms with Crippen molar-refractivity contribution in [2.75, 3.05) is 38.5 Å². The second kappa shape index (κ2) is 6.93. The molecule has 23 heavy (non-hydrogen) atoms. The van der Waals surface area contributed by atoms with Crippen molar-refractivity contribution >= 4 is 28.3 Å². The van der Waals surface area contributed by atoms with Gasteiger partial charge in [-0.15, -0.1) is 11.3 Å². The molecule has 1 saturated heterocycles. The molecule has 0 saturated carbocycles. The molecule has 0 aromatic carbocycles. The predicted molar refractivity (Wildman–Crippen MR) is 86.6 cm³/mol. The summed E-state index contributed by atoms with van der Waals surface area (Å²) in [6.07, 6.45) is 1.70. The van der Waals surface area contributed by atoms with E-state index in [0.717, 1.165) is 26.2 Å². The van der Waals surface area contributed by atoms with Crippen LogP contribution in [-0.4, -0.2) is 59.8 Å². The SMILES string of the molecule is CN1CCN(C(=O)Cc2csc(NC(=O)c3ccco3)n2)CC1. The van der Waals surface area contributed by atoms with Crippen LogP contribution in [0.4, 0.5) is 5.13 Å². The molecule has 3 rings (SSSR count). The molecule has 1 aliphatic rings. The lowest BCUT2D eigenvalue weighted by molar-refractivity contribution is -0.132. The second-order valence-electron chi connectivity index (χ2n) is 5.44. The zero-order chi connectivity index (χ0) is 16.2. The summed E-state index contributed by atoms with van der Waals surface area (Å²) in [7, 11) is 2.05. The Hall–Kier alpha value is -2.19. The van der Waals surface area contributed by atoms with Crippen molar-refractivity contribution < 1.29 is 14.0 Å². The first-order valence-electron chi connectivity index (χ1n) is 7.37. The fourth-order valence-electron chi connectivity index (χ4n) is 2.33. The first kappa shape index (κ1) is 15.7. The monoisotopic (exact) mass is 334 g/mol. The summed E-state index contributed by atoms with van der Waals surface area (Å²) < 4.78 is 5.03. The number of carbonyl (C=O) groups excluding carboxylic acids is 2. The van der Waals surface area contributed by atoms with Crippen LogP contribution in [0.2, 0.25) is 0 Å². The zero-order valence-electron chi connectivity index (χ0n) is 12.8. The zero-order valence-corrected chi connectivity index (χ0v) is 13.6. The van der Waals surface area contributed by atoms with Gasteiger partial charge in [0.05, 0.1) is 18.4 Å². The number of amides is 2. The minimum Gasteiger partial charge on any atom is -0.459 e. The minimum absolute atomic E-state index is 0.0762. The molecule has 0 spiro atoms. The topological polar surface area (TPSA) is 78.7 Å². The number of carbonyl (C=O) groups is 2. The largest absolute Gasteiger partial charge is 0.459 e. The van der Waals surface area contributed by atoms with Gasteiger partial charge in [0.1, 0.15) is 0 Å². The van der Waals surface area contributed by atoms with Crippen LogP contribution in [0, 0.1) is 0 Å². The average Bonchev–Trinajstić information content (AvgIpc) is 3.19. The lowest BCUT2D eigenvalue weighted by atomic mass is 10.2. The second-order valence-corrected chi connectivity index (χ2v) is 6.29. The van der Waals surface area contributed by atoms with Gasteiger partial charge in [0, 0.05) is 31.6 Å². The van der Waals surface area contributed by atoms with Gasteiger partial charge in [0.2, 0.25) is 5.91 Å². The van der Waals surface area contributed by atoms with Gasteiger partial charge < -0.3 is 14.2 Å². The van der Waals surface area contributed by atoms with E-state index in [2.05, 4.69) is 22.2 Å². The number of hydrogen-bond donors (Lipinski definition) is 1. The molecule has 2 aromatic rings. The molecule has 1 N–H and O–H groups in total. The highest BCUT2D eigenvalue weighted by Crippen LogP contribution is 2.18. The highest BCUT2D eigenvalue weighted by Gasteiger charge is 2.20. The van der Waals surface area contributed by atoms with E-state index in [1.807, 2.05) is 4.90 Å². The maximum absolute atomic E-state index is 12.3. The number of likely N-dealkylation sites (N-methyl/N-ethyl adjacent to an activating group) is 1. The molecule has 0 atom stereocenters. The van der Waals surface area contributed by atoms with Crippen LogP contribution in [0.5, 0.6) is 0 Å². The molecular weight excluding hydrogens is 316 g/mol.